The molecule has 0 spiro atoms. The minimum Gasteiger partial charge on any atom is -0.336 e. The molecular formula is C21H18Cl2FN3O. The second-order valence-corrected chi connectivity index (χ2v) is 7.60. The molecule has 7 heteroatoms. The van der Waals surface area contributed by atoms with Gasteiger partial charge in [-0.25, -0.2) is 9.37 Å². The molecular weight excluding hydrogens is 400 g/mol. The molecule has 4 rings (SSSR count). The fraction of sp³-hybridized carbons (Fsp3) is 0.238. The molecule has 4 nitrogen and oxygen atoms in total. The van der Waals surface area contributed by atoms with Crippen molar-refractivity contribution in [1.29, 1.82) is 0 Å². The quantitative estimate of drug-likeness (QED) is 0.582. The molecule has 1 saturated heterocycles. The average molecular weight is 418 g/mol. The summed E-state index contributed by atoms with van der Waals surface area (Å²) >= 11 is 12.0. The minimum absolute atomic E-state index is 0.0135. The van der Waals surface area contributed by atoms with Crippen molar-refractivity contribution in [3.8, 4) is 0 Å². The highest BCUT2D eigenvalue weighted by atomic mass is 35.5. The van der Waals surface area contributed by atoms with E-state index >= 15 is 0 Å². The summed E-state index contributed by atoms with van der Waals surface area (Å²) < 4.78 is 14.0. The van der Waals surface area contributed by atoms with Gasteiger partial charge in [-0.05, 0) is 42.5 Å². The van der Waals surface area contributed by atoms with E-state index in [-0.39, 0.29) is 11.7 Å². The highest BCUT2D eigenvalue weighted by Crippen LogP contribution is 2.22. The first kappa shape index (κ1) is 19.1. The van der Waals surface area contributed by atoms with E-state index in [1.165, 1.54) is 6.07 Å². The van der Waals surface area contributed by atoms with Gasteiger partial charge in [-0.1, -0.05) is 29.3 Å². The monoisotopic (exact) mass is 417 g/mol. The number of fused-ring (bicyclic) bond motifs is 1. The maximum Gasteiger partial charge on any atom is 0.253 e. The molecule has 1 aliphatic heterocycles. The smallest absolute Gasteiger partial charge is 0.253 e. The van der Waals surface area contributed by atoms with Crippen LogP contribution < -0.4 is 0 Å². The van der Waals surface area contributed by atoms with Crippen LogP contribution in [0.25, 0.3) is 10.9 Å². The molecule has 2 heterocycles. The lowest BCUT2D eigenvalue weighted by molar-refractivity contribution is 0.0627. The molecule has 1 fully saturated rings. The van der Waals surface area contributed by atoms with Crippen LogP contribution in [0.4, 0.5) is 4.39 Å². The van der Waals surface area contributed by atoms with Gasteiger partial charge in [-0.3, -0.25) is 9.69 Å². The van der Waals surface area contributed by atoms with Gasteiger partial charge in [0.2, 0.25) is 0 Å². The average Bonchev–Trinajstić information content (AvgIpc) is 2.70. The zero-order chi connectivity index (χ0) is 19.7. The lowest BCUT2D eigenvalue weighted by atomic mass is 10.1. The molecule has 0 aliphatic carbocycles. The van der Waals surface area contributed by atoms with Gasteiger partial charge >= 0.3 is 0 Å². The van der Waals surface area contributed by atoms with Crippen molar-refractivity contribution in [3.05, 3.63) is 75.7 Å². The minimum atomic E-state index is -0.295. The molecule has 0 saturated carbocycles. The third-order valence-electron chi connectivity index (χ3n) is 5.01. The van der Waals surface area contributed by atoms with Crippen molar-refractivity contribution >= 4 is 40.0 Å². The van der Waals surface area contributed by atoms with Crippen LogP contribution in [0.15, 0.2) is 48.5 Å². The number of halogens is 3. The van der Waals surface area contributed by atoms with Crippen molar-refractivity contribution in [2.24, 2.45) is 0 Å². The molecule has 0 radical (unpaired) electrons. The van der Waals surface area contributed by atoms with Gasteiger partial charge in [0.15, 0.2) is 0 Å². The Hall–Kier alpha value is -2.21. The van der Waals surface area contributed by atoms with Gasteiger partial charge in [0.05, 0.1) is 5.52 Å². The number of nitrogens with zero attached hydrogens (tertiary/aromatic N) is 3. The van der Waals surface area contributed by atoms with Crippen LogP contribution in [0.2, 0.25) is 10.2 Å². The maximum absolute atomic E-state index is 14.0. The second-order valence-electron chi connectivity index (χ2n) is 6.81. The Kier molecular flexibility index (Phi) is 5.49. The summed E-state index contributed by atoms with van der Waals surface area (Å²) in [6.07, 6.45) is 0. The van der Waals surface area contributed by atoms with Crippen LogP contribution in [-0.4, -0.2) is 46.9 Å². The summed E-state index contributed by atoms with van der Waals surface area (Å²) in [7, 11) is 0. The number of amides is 1. The van der Waals surface area contributed by atoms with E-state index in [0.29, 0.717) is 54.0 Å². The van der Waals surface area contributed by atoms with E-state index in [9.17, 15) is 9.18 Å². The molecule has 1 aromatic heterocycles. The molecule has 0 N–H and O–H groups in total. The zero-order valence-corrected chi connectivity index (χ0v) is 16.5. The predicted molar refractivity (Wildman–Crippen MR) is 109 cm³/mol. The Morgan fingerprint density at radius 1 is 1.04 bits per heavy atom. The molecule has 0 bridgehead atoms. The molecule has 3 aromatic rings. The molecule has 1 amide bonds. The summed E-state index contributed by atoms with van der Waals surface area (Å²) in [5.74, 6) is -0.309. The SMILES string of the molecule is O=C(c1ccc2nc(Cl)ccc2c1)N1CCN(Cc2c(F)cccc2Cl)CC1. The van der Waals surface area contributed by atoms with Gasteiger partial charge in [0, 0.05) is 54.3 Å². The largest absolute Gasteiger partial charge is 0.336 e. The van der Waals surface area contributed by atoms with Gasteiger partial charge in [0.1, 0.15) is 11.0 Å². The summed E-state index contributed by atoms with van der Waals surface area (Å²) in [5.41, 5.74) is 1.89. The van der Waals surface area contributed by atoms with Gasteiger partial charge in [0.25, 0.3) is 5.91 Å². The molecule has 144 valence electrons. The Morgan fingerprint density at radius 3 is 2.57 bits per heavy atom. The van der Waals surface area contributed by atoms with E-state index in [4.69, 9.17) is 23.2 Å². The van der Waals surface area contributed by atoms with Crippen LogP contribution in [0, 0.1) is 5.82 Å². The van der Waals surface area contributed by atoms with Gasteiger partial charge in [-0.2, -0.15) is 0 Å². The standard InChI is InChI=1S/C21H18Cl2FN3O/c22-17-2-1-3-18(24)16(17)13-26-8-10-27(11-9-26)21(28)15-4-6-19-14(12-15)5-7-20(23)25-19/h1-7,12H,8-11,13H2. The molecule has 1 aliphatic rings. The Morgan fingerprint density at radius 2 is 1.82 bits per heavy atom. The number of hydrogen-bond acceptors (Lipinski definition) is 3. The van der Waals surface area contributed by atoms with Crippen molar-refractivity contribution in [2.75, 3.05) is 26.2 Å². The first-order chi connectivity index (χ1) is 13.5. The molecule has 0 unspecified atom stereocenters. The summed E-state index contributed by atoms with van der Waals surface area (Å²) in [6.45, 7) is 2.95. The Bertz CT molecular complexity index is 1020. The second kappa shape index (κ2) is 8.03. The van der Waals surface area contributed by atoms with Gasteiger partial charge in [-0.15, -0.1) is 0 Å². The first-order valence-corrected chi connectivity index (χ1v) is 9.78. The fourth-order valence-electron chi connectivity index (χ4n) is 3.43. The first-order valence-electron chi connectivity index (χ1n) is 9.02. The molecule has 0 atom stereocenters. The van der Waals surface area contributed by atoms with Crippen molar-refractivity contribution < 1.29 is 9.18 Å². The summed E-state index contributed by atoms with van der Waals surface area (Å²) in [6, 6.07) is 13.7. The molecule has 28 heavy (non-hydrogen) atoms. The number of hydrogen-bond donors (Lipinski definition) is 0. The van der Waals surface area contributed by atoms with Crippen LogP contribution >= 0.6 is 23.2 Å². The van der Waals surface area contributed by atoms with E-state index in [0.717, 1.165) is 10.9 Å². The highest BCUT2D eigenvalue weighted by molar-refractivity contribution is 6.31. The van der Waals surface area contributed by atoms with Crippen molar-refractivity contribution in [2.45, 2.75) is 6.54 Å². The fourth-order valence-corrected chi connectivity index (χ4v) is 3.81. The predicted octanol–water partition coefficient (Wildman–Crippen LogP) is 4.64. The Labute approximate surface area is 172 Å². The normalized spacial score (nSPS) is 15.2. The number of rotatable bonds is 3. The van der Waals surface area contributed by atoms with Crippen molar-refractivity contribution in [1.82, 2.24) is 14.8 Å². The van der Waals surface area contributed by atoms with Crippen LogP contribution in [0.3, 0.4) is 0 Å². The number of pyridine rings is 1. The number of carbonyl (C=O) groups is 1. The third-order valence-corrected chi connectivity index (χ3v) is 5.57. The topological polar surface area (TPSA) is 36.4 Å². The van der Waals surface area contributed by atoms with E-state index in [2.05, 4.69) is 9.88 Å². The summed E-state index contributed by atoms with van der Waals surface area (Å²) in [4.78, 5) is 21.0. The Balaban J connectivity index is 1.42. The van der Waals surface area contributed by atoms with E-state index in [1.54, 1.807) is 24.3 Å². The highest BCUT2D eigenvalue weighted by Gasteiger charge is 2.23. The summed E-state index contributed by atoms with van der Waals surface area (Å²) in [5, 5.41) is 1.74. The van der Waals surface area contributed by atoms with E-state index < -0.39 is 0 Å². The van der Waals surface area contributed by atoms with Crippen molar-refractivity contribution in [3.63, 3.8) is 0 Å². The number of aromatic nitrogens is 1. The maximum atomic E-state index is 14.0. The van der Waals surface area contributed by atoms with E-state index in [1.807, 2.05) is 23.1 Å². The van der Waals surface area contributed by atoms with Crippen LogP contribution in [0.5, 0.6) is 0 Å². The van der Waals surface area contributed by atoms with Gasteiger partial charge < -0.3 is 4.90 Å². The number of carbonyl (C=O) groups excluding carboxylic acids is 1. The van der Waals surface area contributed by atoms with Crippen LogP contribution in [-0.2, 0) is 6.54 Å². The number of benzene rings is 2. The lowest BCUT2D eigenvalue weighted by Crippen LogP contribution is -2.48. The zero-order valence-electron chi connectivity index (χ0n) is 15.0. The molecule has 2 aromatic carbocycles. The third kappa shape index (κ3) is 3.97. The lowest BCUT2D eigenvalue weighted by Gasteiger charge is -2.35. The van der Waals surface area contributed by atoms with Crippen LogP contribution in [0.1, 0.15) is 15.9 Å². The number of piperazine rings is 1.